The van der Waals surface area contributed by atoms with E-state index >= 15 is 0 Å². The van der Waals surface area contributed by atoms with E-state index in [4.69, 9.17) is 10.5 Å². The molecule has 5 heteroatoms. The molecule has 0 bridgehead atoms. The van der Waals surface area contributed by atoms with Crippen LogP contribution in [0.2, 0.25) is 0 Å². The van der Waals surface area contributed by atoms with Gasteiger partial charge in [-0.3, -0.25) is 5.21 Å². The van der Waals surface area contributed by atoms with Gasteiger partial charge in [0.25, 0.3) is 0 Å². The monoisotopic (exact) mass is 284 g/mol. The van der Waals surface area contributed by atoms with Crippen LogP contribution >= 0.6 is 0 Å². The van der Waals surface area contributed by atoms with Crippen LogP contribution in [0.3, 0.4) is 0 Å². The van der Waals surface area contributed by atoms with Crippen molar-refractivity contribution >= 4 is 6.03 Å². The lowest BCUT2D eigenvalue weighted by atomic mass is 10.1. The summed E-state index contributed by atoms with van der Waals surface area (Å²) in [6.07, 6.45) is 1.43. The second-order valence-corrected chi connectivity index (χ2v) is 5.01. The van der Waals surface area contributed by atoms with Crippen molar-refractivity contribution in [2.24, 2.45) is 5.73 Å². The highest BCUT2D eigenvalue weighted by Crippen LogP contribution is 2.37. The van der Waals surface area contributed by atoms with Crippen LogP contribution in [0.5, 0.6) is 11.5 Å². The van der Waals surface area contributed by atoms with Crippen molar-refractivity contribution in [2.75, 3.05) is 0 Å². The predicted octanol–water partition coefficient (Wildman–Crippen LogP) is 3.24. The minimum absolute atomic E-state index is 0.372. The fraction of sp³-hybridized carbons (Fsp3) is 0.188. The number of carbonyl (C=O) groups excluding carboxylic acids is 1. The lowest BCUT2D eigenvalue weighted by molar-refractivity contribution is -0.0757. The van der Waals surface area contributed by atoms with Gasteiger partial charge in [-0.2, -0.15) is 5.06 Å². The SMILES string of the molecule is NC(=O)N(O)[C@H]1CCc2cc(Oc3ccccc3)ccc21. The number of primary amides is 1. The molecule has 1 aliphatic rings. The Kier molecular flexibility index (Phi) is 3.50. The second kappa shape index (κ2) is 5.46. The number of ether oxygens (including phenoxy) is 1. The van der Waals surface area contributed by atoms with Gasteiger partial charge in [0.2, 0.25) is 0 Å². The molecule has 0 radical (unpaired) electrons. The van der Waals surface area contributed by atoms with Gasteiger partial charge in [-0.25, -0.2) is 4.79 Å². The number of nitrogens with two attached hydrogens (primary N) is 1. The molecule has 0 aliphatic heterocycles. The molecule has 2 aromatic carbocycles. The third kappa shape index (κ3) is 2.68. The van der Waals surface area contributed by atoms with E-state index in [1.54, 1.807) is 0 Å². The Morgan fingerprint density at radius 2 is 1.95 bits per heavy atom. The molecule has 3 N–H and O–H groups in total. The van der Waals surface area contributed by atoms with E-state index in [1.807, 2.05) is 48.5 Å². The van der Waals surface area contributed by atoms with Crippen LogP contribution in [0.15, 0.2) is 48.5 Å². The molecule has 0 heterocycles. The Hall–Kier alpha value is -2.53. The van der Waals surface area contributed by atoms with Crippen molar-refractivity contribution in [3.63, 3.8) is 0 Å². The van der Waals surface area contributed by atoms with Crippen LogP contribution < -0.4 is 10.5 Å². The maximum atomic E-state index is 11.1. The maximum absolute atomic E-state index is 11.1. The summed E-state index contributed by atoms with van der Waals surface area (Å²) < 4.78 is 5.78. The minimum atomic E-state index is -0.836. The molecule has 0 saturated carbocycles. The summed E-state index contributed by atoms with van der Waals surface area (Å²) in [5.41, 5.74) is 7.09. The quantitative estimate of drug-likeness (QED) is 0.671. The third-order valence-electron chi connectivity index (χ3n) is 3.66. The average molecular weight is 284 g/mol. The smallest absolute Gasteiger partial charge is 0.339 e. The summed E-state index contributed by atoms with van der Waals surface area (Å²) in [5.74, 6) is 1.51. The number of hydrogen-bond acceptors (Lipinski definition) is 3. The Labute approximate surface area is 122 Å². The molecule has 0 spiro atoms. The first-order valence-electron chi connectivity index (χ1n) is 6.78. The first kappa shape index (κ1) is 13.5. The topological polar surface area (TPSA) is 75.8 Å². The molecule has 1 aliphatic carbocycles. The summed E-state index contributed by atoms with van der Waals surface area (Å²) in [5, 5.41) is 10.3. The molecule has 1 atom stereocenters. The van der Waals surface area contributed by atoms with E-state index in [9.17, 15) is 10.0 Å². The highest BCUT2D eigenvalue weighted by atomic mass is 16.5. The van der Waals surface area contributed by atoms with Crippen LogP contribution in [0, 0.1) is 0 Å². The highest BCUT2D eigenvalue weighted by molar-refractivity contribution is 5.71. The minimum Gasteiger partial charge on any atom is -0.457 e. The van der Waals surface area contributed by atoms with Crippen molar-refractivity contribution in [1.29, 1.82) is 0 Å². The number of rotatable bonds is 3. The highest BCUT2D eigenvalue weighted by Gasteiger charge is 2.29. The Balaban J connectivity index is 1.82. The number of fused-ring (bicyclic) bond motifs is 1. The molecule has 2 aromatic rings. The number of para-hydroxylation sites is 1. The zero-order valence-electron chi connectivity index (χ0n) is 11.4. The number of aryl methyl sites for hydroxylation is 1. The van der Waals surface area contributed by atoms with Gasteiger partial charge in [-0.15, -0.1) is 0 Å². The molecule has 5 nitrogen and oxygen atoms in total. The van der Waals surface area contributed by atoms with Crippen LogP contribution in [-0.2, 0) is 6.42 Å². The van der Waals surface area contributed by atoms with E-state index in [2.05, 4.69) is 0 Å². The zero-order chi connectivity index (χ0) is 14.8. The molecule has 0 aromatic heterocycles. The molecule has 3 rings (SSSR count). The average Bonchev–Trinajstić information content (AvgIpc) is 2.90. The van der Waals surface area contributed by atoms with Gasteiger partial charge in [-0.05, 0) is 48.2 Å². The van der Waals surface area contributed by atoms with Crippen molar-refractivity contribution < 1.29 is 14.7 Å². The van der Waals surface area contributed by atoms with Gasteiger partial charge in [0, 0.05) is 0 Å². The standard InChI is InChI=1S/C16H16N2O3/c17-16(19)18(20)15-9-6-11-10-13(7-8-14(11)15)21-12-4-2-1-3-5-12/h1-5,7-8,10,15,20H,6,9H2,(H2,17,19)/t15-/m0/s1. The van der Waals surface area contributed by atoms with Crippen molar-refractivity contribution in [3.05, 3.63) is 59.7 Å². The van der Waals surface area contributed by atoms with E-state index in [0.717, 1.165) is 29.0 Å². The van der Waals surface area contributed by atoms with Gasteiger partial charge in [0.15, 0.2) is 0 Å². The molecule has 0 unspecified atom stereocenters. The summed E-state index contributed by atoms with van der Waals surface area (Å²) in [4.78, 5) is 11.1. The number of benzene rings is 2. The Morgan fingerprint density at radius 3 is 2.67 bits per heavy atom. The fourth-order valence-corrected chi connectivity index (χ4v) is 2.67. The lowest BCUT2D eigenvalue weighted by Gasteiger charge is -2.20. The number of amides is 2. The Bertz CT molecular complexity index is 658. The molecule has 21 heavy (non-hydrogen) atoms. The molecule has 2 amide bonds. The van der Waals surface area contributed by atoms with Crippen LogP contribution in [0.1, 0.15) is 23.6 Å². The van der Waals surface area contributed by atoms with Crippen LogP contribution in [0.25, 0.3) is 0 Å². The number of hydroxylamine groups is 2. The molecule has 108 valence electrons. The van der Waals surface area contributed by atoms with Gasteiger partial charge in [0.1, 0.15) is 11.5 Å². The van der Waals surface area contributed by atoms with E-state index in [-0.39, 0.29) is 6.04 Å². The number of carbonyl (C=O) groups is 1. The van der Waals surface area contributed by atoms with Gasteiger partial charge in [-0.1, -0.05) is 24.3 Å². The molecule has 0 fully saturated rings. The summed E-state index contributed by atoms with van der Waals surface area (Å²) in [6.45, 7) is 0. The lowest BCUT2D eigenvalue weighted by Crippen LogP contribution is -2.35. The molecular formula is C16H16N2O3. The maximum Gasteiger partial charge on any atom is 0.339 e. The van der Waals surface area contributed by atoms with Gasteiger partial charge in [0.05, 0.1) is 6.04 Å². The number of hydrogen-bond donors (Lipinski definition) is 2. The second-order valence-electron chi connectivity index (χ2n) is 5.01. The number of urea groups is 1. The first-order chi connectivity index (χ1) is 10.1. The molecule has 0 saturated heterocycles. The zero-order valence-corrected chi connectivity index (χ0v) is 11.4. The van der Waals surface area contributed by atoms with E-state index < -0.39 is 6.03 Å². The largest absolute Gasteiger partial charge is 0.457 e. The van der Waals surface area contributed by atoms with E-state index in [0.29, 0.717) is 11.5 Å². The summed E-state index contributed by atoms with van der Waals surface area (Å²) in [6, 6.07) is 14.0. The number of nitrogens with zero attached hydrogens (tertiary/aromatic N) is 1. The van der Waals surface area contributed by atoms with Crippen molar-refractivity contribution in [2.45, 2.75) is 18.9 Å². The third-order valence-corrected chi connectivity index (χ3v) is 3.66. The van der Waals surface area contributed by atoms with Crippen molar-refractivity contribution in [1.82, 2.24) is 5.06 Å². The fourth-order valence-electron chi connectivity index (χ4n) is 2.67. The van der Waals surface area contributed by atoms with Gasteiger partial charge < -0.3 is 10.5 Å². The molecular weight excluding hydrogens is 268 g/mol. The van der Waals surface area contributed by atoms with Gasteiger partial charge >= 0.3 is 6.03 Å². The van der Waals surface area contributed by atoms with E-state index in [1.165, 1.54) is 0 Å². The summed E-state index contributed by atoms with van der Waals surface area (Å²) >= 11 is 0. The van der Waals surface area contributed by atoms with Crippen LogP contribution in [0.4, 0.5) is 4.79 Å². The van der Waals surface area contributed by atoms with Crippen LogP contribution in [-0.4, -0.2) is 16.3 Å². The first-order valence-corrected chi connectivity index (χ1v) is 6.78. The van der Waals surface area contributed by atoms with Crippen molar-refractivity contribution in [3.8, 4) is 11.5 Å². The predicted molar refractivity (Wildman–Crippen MR) is 77.2 cm³/mol. The Morgan fingerprint density at radius 1 is 1.19 bits per heavy atom. The summed E-state index contributed by atoms with van der Waals surface area (Å²) in [7, 11) is 0. The normalized spacial score (nSPS) is 16.3.